The van der Waals surface area contributed by atoms with Crippen molar-refractivity contribution in [2.75, 3.05) is 4.90 Å². The molecule has 0 unspecified atom stereocenters. The zero-order valence-corrected chi connectivity index (χ0v) is 14.2. The van der Waals surface area contributed by atoms with Crippen LogP contribution in [0.25, 0.3) is 0 Å². The minimum Gasteiger partial charge on any atom is -0.483 e. The van der Waals surface area contributed by atoms with Crippen LogP contribution in [0.5, 0.6) is 5.75 Å². The molecule has 0 radical (unpaired) electrons. The molecular formula is C20H12F3NO4. The first-order chi connectivity index (χ1) is 13.4. The van der Waals surface area contributed by atoms with Crippen molar-refractivity contribution in [3.8, 4) is 5.75 Å². The molecule has 1 aliphatic heterocycles. The van der Waals surface area contributed by atoms with Crippen molar-refractivity contribution in [3.05, 3.63) is 83.3 Å². The van der Waals surface area contributed by atoms with E-state index in [2.05, 4.69) is 0 Å². The van der Waals surface area contributed by atoms with E-state index in [1.165, 1.54) is 18.4 Å². The zero-order valence-electron chi connectivity index (χ0n) is 14.2. The Morgan fingerprint density at radius 1 is 0.929 bits per heavy atom. The topological polar surface area (TPSA) is 59.8 Å². The third kappa shape index (κ3) is 3.02. The predicted molar refractivity (Wildman–Crippen MR) is 92.1 cm³/mol. The van der Waals surface area contributed by atoms with E-state index in [1.807, 2.05) is 0 Å². The van der Waals surface area contributed by atoms with E-state index < -0.39 is 23.6 Å². The molecule has 142 valence electrons. The summed E-state index contributed by atoms with van der Waals surface area (Å²) in [4.78, 5) is 26.1. The minimum atomic E-state index is -4.65. The number of furan rings is 1. The van der Waals surface area contributed by atoms with Gasteiger partial charge in [0.1, 0.15) is 18.1 Å². The minimum absolute atomic E-state index is 0.0427. The molecule has 3 aromatic rings. The summed E-state index contributed by atoms with van der Waals surface area (Å²) in [6.07, 6.45) is -3.22. The van der Waals surface area contributed by atoms with E-state index in [9.17, 15) is 22.8 Å². The van der Waals surface area contributed by atoms with Crippen molar-refractivity contribution in [1.29, 1.82) is 0 Å². The number of carbonyl (C=O) groups is 2. The fourth-order valence-electron chi connectivity index (χ4n) is 2.94. The van der Waals surface area contributed by atoms with E-state index in [-0.39, 0.29) is 29.2 Å². The van der Waals surface area contributed by atoms with Gasteiger partial charge in [0.25, 0.3) is 11.8 Å². The number of amides is 2. The van der Waals surface area contributed by atoms with Crippen LogP contribution < -0.4 is 9.64 Å². The number of rotatable bonds is 4. The SMILES string of the molecule is O=C1c2ccccc2C(=O)N1c1cc(C(F)(F)F)ccc1OCc1ccco1. The van der Waals surface area contributed by atoms with Crippen LogP contribution in [-0.4, -0.2) is 11.8 Å². The summed E-state index contributed by atoms with van der Waals surface area (Å²) in [5.41, 5.74) is -1.01. The number of hydrogen-bond donors (Lipinski definition) is 0. The molecule has 0 spiro atoms. The summed E-state index contributed by atoms with van der Waals surface area (Å²) in [6.45, 7) is -0.0749. The van der Waals surface area contributed by atoms with Crippen LogP contribution >= 0.6 is 0 Å². The molecule has 0 bridgehead atoms. The molecule has 0 atom stereocenters. The Bertz CT molecular complexity index is 1020. The Labute approximate surface area is 156 Å². The lowest BCUT2D eigenvalue weighted by Gasteiger charge is -2.20. The lowest BCUT2D eigenvalue weighted by molar-refractivity contribution is -0.137. The van der Waals surface area contributed by atoms with Gasteiger partial charge in [0.2, 0.25) is 0 Å². The van der Waals surface area contributed by atoms with Crippen molar-refractivity contribution >= 4 is 17.5 Å². The van der Waals surface area contributed by atoms with Crippen molar-refractivity contribution in [1.82, 2.24) is 0 Å². The summed E-state index contributed by atoms with van der Waals surface area (Å²) < 4.78 is 50.3. The number of nitrogens with zero attached hydrogens (tertiary/aromatic N) is 1. The Morgan fingerprint density at radius 3 is 2.18 bits per heavy atom. The van der Waals surface area contributed by atoms with Gasteiger partial charge in [-0.05, 0) is 42.5 Å². The summed E-state index contributed by atoms with van der Waals surface area (Å²) >= 11 is 0. The van der Waals surface area contributed by atoms with Crippen LogP contribution in [0.2, 0.25) is 0 Å². The summed E-state index contributed by atoms with van der Waals surface area (Å²) in [6, 6.07) is 12.0. The van der Waals surface area contributed by atoms with Crippen molar-refractivity contribution < 1.29 is 31.9 Å². The van der Waals surface area contributed by atoms with Crippen LogP contribution in [-0.2, 0) is 12.8 Å². The number of anilines is 1. The largest absolute Gasteiger partial charge is 0.483 e. The smallest absolute Gasteiger partial charge is 0.416 e. The molecule has 5 nitrogen and oxygen atoms in total. The maximum atomic E-state index is 13.2. The Morgan fingerprint density at radius 2 is 1.61 bits per heavy atom. The highest BCUT2D eigenvalue weighted by molar-refractivity contribution is 6.34. The van der Waals surface area contributed by atoms with Gasteiger partial charge in [-0.25, -0.2) is 4.90 Å². The van der Waals surface area contributed by atoms with Crippen molar-refractivity contribution in [3.63, 3.8) is 0 Å². The van der Waals surface area contributed by atoms with Gasteiger partial charge in [-0.15, -0.1) is 0 Å². The van der Waals surface area contributed by atoms with Gasteiger partial charge in [-0.3, -0.25) is 9.59 Å². The monoisotopic (exact) mass is 387 g/mol. The quantitative estimate of drug-likeness (QED) is 0.610. The van der Waals surface area contributed by atoms with Gasteiger partial charge in [0, 0.05) is 0 Å². The Balaban J connectivity index is 1.77. The molecular weight excluding hydrogens is 375 g/mol. The molecule has 0 saturated heterocycles. The van der Waals surface area contributed by atoms with Gasteiger partial charge in [0.05, 0.1) is 28.6 Å². The van der Waals surface area contributed by atoms with E-state index >= 15 is 0 Å². The highest BCUT2D eigenvalue weighted by Crippen LogP contribution is 2.40. The van der Waals surface area contributed by atoms with Crippen LogP contribution in [0.15, 0.2) is 65.3 Å². The summed E-state index contributed by atoms with van der Waals surface area (Å²) in [7, 11) is 0. The average molecular weight is 387 g/mol. The Kier molecular flexibility index (Phi) is 4.18. The zero-order chi connectivity index (χ0) is 19.9. The van der Waals surface area contributed by atoms with Gasteiger partial charge < -0.3 is 9.15 Å². The first kappa shape index (κ1) is 17.8. The number of ether oxygens (including phenoxy) is 1. The molecule has 28 heavy (non-hydrogen) atoms. The highest BCUT2D eigenvalue weighted by atomic mass is 19.4. The van der Waals surface area contributed by atoms with Crippen LogP contribution in [0, 0.1) is 0 Å². The number of imide groups is 1. The number of benzene rings is 2. The second-order valence-electron chi connectivity index (χ2n) is 6.04. The van der Waals surface area contributed by atoms with Gasteiger partial charge in [-0.1, -0.05) is 12.1 Å². The van der Waals surface area contributed by atoms with Crippen molar-refractivity contribution in [2.24, 2.45) is 0 Å². The number of fused-ring (bicyclic) bond motifs is 1. The van der Waals surface area contributed by atoms with E-state index in [0.29, 0.717) is 10.7 Å². The fraction of sp³-hybridized carbons (Fsp3) is 0.100. The molecule has 1 aromatic heterocycles. The standard InChI is InChI=1S/C20H12F3NO4/c21-20(22,23)12-7-8-17(28-11-13-4-3-9-27-13)16(10-12)24-18(25)14-5-1-2-6-15(14)19(24)26/h1-10H,11H2. The molecule has 2 amide bonds. The van der Waals surface area contributed by atoms with E-state index in [1.54, 1.807) is 24.3 Å². The first-order valence-electron chi connectivity index (χ1n) is 8.20. The summed E-state index contributed by atoms with van der Waals surface area (Å²) in [5.74, 6) is -1.02. The molecule has 1 aliphatic rings. The second kappa shape index (κ2) is 6.56. The van der Waals surface area contributed by atoms with Gasteiger partial charge >= 0.3 is 6.18 Å². The number of hydrogen-bond acceptors (Lipinski definition) is 4. The summed E-state index contributed by atoms with van der Waals surface area (Å²) in [5, 5.41) is 0. The molecule has 0 aliphatic carbocycles. The van der Waals surface area contributed by atoms with Crippen LogP contribution in [0.4, 0.5) is 18.9 Å². The van der Waals surface area contributed by atoms with E-state index in [0.717, 1.165) is 18.2 Å². The highest BCUT2D eigenvalue weighted by Gasteiger charge is 2.39. The Hall–Kier alpha value is -3.55. The fourth-order valence-corrected chi connectivity index (χ4v) is 2.94. The third-order valence-electron chi connectivity index (χ3n) is 4.27. The van der Waals surface area contributed by atoms with Crippen LogP contribution in [0.1, 0.15) is 32.0 Å². The third-order valence-corrected chi connectivity index (χ3v) is 4.27. The molecule has 8 heteroatoms. The number of carbonyl (C=O) groups excluding carboxylic acids is 2. The lowest BCUT2D eigenvalue weighted by atomic mass is 10.1. The van der Waals surface area contributed by atoms with Gasteiger partial charge in [-0.2, -0.15) is 13.2 Å². The maximum Gasteiger partial charge on any atom is 0.416 e. The molecule has 2 heterocycles. The number of alkyl halides is 3. The normalized spacial score (nSPS) is 13.8. The maximum absolute atomic E-state index is 13.2. The van der Waals surface area contributed by atoms with E-state index in [4.69, 9.17) is 9.15 Å². The van der Waals surface area contributed by atoms with Gasteiger partial charge in [0.15, 0.2) is 0 Å². The van der Waals surface area contributed by atoms with Crippen LogP contribution in [0.3, 0.4) is 0 Å². The molecule has 4 rings (SSSR count). The molecule has 0 saturated carbocycles. The average Bonchev–Trinajstić information content (AvgIpc) is 3.27. The lowest BCUT2D eigenvalue weighted by Crippen LogP contribution is -2.30. The molecule has 2 aromatic carbocycles. The number of halogens is 3. The van der Waals surface area contributed by atoms with Crippen molar-refractivity contribution in [2.45, 2.75) is 12.8 Å². The molecule has 0 N–H and O–H groups in total. The first-order valence-corrected chi connectivity index (χ1v) is 8.20. The predicted octanol–water partition coefficient (Wildman–Crippen LogP) is 4.68. The second-order valence-corrected chi connectivity index (χ2v) is 6.04. The molecule has 0 fully saturated rings.